The van der Waals surface area contributed by atoms with Crippen molar-refractivity contribution in [1.29, 1.82) is 5.26 Å². The van der Waals surface area contributed by atoms with E-state index in [9.17, 15) is 0 Å². The zero-order valence-corrected chi connectivity index (χ0v) is 12.6. The third kappa shape index (κ3) is 3.60. The van der Waals surface area contributed by atoms with Crippen LogP contribution in [0.1, 0.15) is 22.9 Å². The number of methoxy groups -OCH3 is 1. The number of nitriles is 1. The summed E-state index contributed by atoms with van der Waals surface area (Å²) < 4.78 is 5.17. The quantitative estimate of drug-likeness (QED) is 0.813. The lowest BCUT2D eigenvalue weighted by molar-refractivity contribution is 0.273. The van der Waals surface area contributed by atoms with Gasteiger partial charge in [-0.1, -0.05) is 19.1 Å². The first-order chi connectivity index (χ1) is 9.76. The fraction of sp³-hybridized carbons (Fsp3) is 0.312. The molecule has 0 saturated carbocycles. The molecule has 0 atom stereocenters. The maximum absolute atomic E-state index is 9.13. The molecule has 2 rings (SSSR count). The molecule has 1 aromatic carbocycles. The van der Waals surface area contributed by atoms with Crippen LogP contribution in [0.15, 0.2) is 35.7 Å². The summed E-state index contributed by atoms with van der Waals surface area (Å²) in [4.78, 5) is 3.72. The van der Waals surface area contributed by atoms with E-state index in [0.717, 1.165) is 25.2 Å². The number of nitrogens with zero attached hydrogens (tertiary/aromatic N) is 2. The number of thiophene rings is 1. The van der Waals surface area contributed by atoms with Crippen LogP contribution in [0, 0.1) is 11.3 Å². The van der Waals surface area contributed by atoms with Crippen LogP contribution in [0.4, 0.5) is 0 Å². The van der Waals surface area contributed by atoms with Gasteiger partial charge in [0.15, 0.2) is 0 Å². The predicted molar refractivity (Wildman–Crippen MR) is 81.8 cm³/mol. The second-order valence-electron chi connectivity index (χ2n) is 4.53. The van der Waals surface area contributed by atoms with E-state index in [2.05, 4.69) is 35.4 Å². The second-order valence-corrected chi connectivity index (χ2v) is 5.56. The monoisotopic (exact) mass is 286 g/mol. The molecule has 2 aromatic rings. The summed E-state index contributed by atoms with van der Waals surface area (Å²) in [6.07, 6.45) is 0. The van der Waals surface area contributed by atoms with Crippen molar-refractivity contribution in [3.63, 3.8) is 0 Å². The Balaban J connectivity index is 2.09. The normalized spacial score (nSPS) is 10.5. The number of rotatable bonds is 6. The highest BCUT2D eigenvalue weighted by Gasteiger charge is 2.08. The lowest BCUT2D eigenvalue weighted by Crippen LogP contribution is -2.21. The summed E-state index contributed by atoms with van der Waals surface area (Å²) in [5, 5.41) is 11.2. The highest BCUT2D eigenvalue weighted by molar-refractivity contribution is 7.09. The van der Waals surface area contributed by atoms with Crippen molar-refractivity contribution in [2.45, 2.75) is 20.0 Å². The molecule has 1 heterocycles. The molecule has 0 aliphatic carbocycles. The Kier molecular flexibility index (Phi) is 5.16. The molecular formula is C16H18N2OS. The minimum absolute atomic E-state index is 0.595. The van der Waals surface area contributed by atoms with Gasteiger partial charge in [0.05, 0.1) is 12.7 Å². The summed E-state index contributed by atoms with van der Waals surface area (Å²) in [5.74, 6) is 0.637. The molecule has 0 N–H and O–H groups in total. The molecule has 1 aromatic heterocycles. The van der Waals surface area contributed by atoms with E-state index in [-0.39, 0.29) is 0 Å². The van der Waals surface area contributed by atoms with E-state index >= 15 is 0 Å². The van der Waals surface area contributed by atoms with Gasteiger partial charge in [0.2, 0.25) is 0 Å². The van der Waals surface area contributed by atoms with Crippen molar-refractivity contribution < 1.29 is 4.74 Å². The van der Waals surface area contributed by atoms with Crippen LogP contribution in [0.3, 0.4) is 0 Å². The smallest absolute Gasteiger partial charge is 0.136 e. The zero-order chi connectivity index (χ0) is 14.4. The van der Waals surface area contributed by atoms with Gasteiger partial charge in [-0.05, 0) is 35.7 Å². The van der Waals surface area contributed by atoms with Gasteiger partial charge < -0.3 is 4.74 Å². The minimum Gasteiger partial charge on any atom is -0.495 e. The first-order valence-electron chi connectivity index (χ1n) is 6.58. The number of hydrogen-bond donors (Lipinski definition) is 0. The topological polar surface area (TPSA) is 36.3 Å². The molecule has 0 radical (unpaired) electrons. The van der Waals surface area contributed by atoms with E-state index in [4.69, 9.17) is 10.00 Å². The van der Waals surface area contributed by atoms with Crippen LogP contribution in [0.2, 0.25) is 0 Å². The Labute approximate surface area is 124 Å². The Morgan fingerprint density at radius 2 is 2.15 bits per heavy atom. The zero-order valence-electron chi connectivity index (χ0n) is 11.8. The average molecular weight is 286 g/mol. The Hall–Kier alpha value is -1.83. The summed E-state index contributed by atoms with van der Waals surface area (Å²) in [6.45, 7) is 4.92. The fourth-order valence-electron chi connectivity index (χ4n) is 2.10. The summed E-state index contributed by atoms with van der Waals surface area (Å²) >= 11 is 1.78. The minimum atomic E-state index is 0.595. The van der Waals surface area contributed by atoms with Crippen molar-refractivity contribution >= 4 is 11.3 Å². The summed E-state index contributed by atoms with van der Waals surface area (Å²) in [7, 11) is 1.59. The van der Waals surface area contributed by atoms with Crippen LogP contribution >= 0.6 is 11.3 Å². The highest BCUT2D eigenvalue weighted by Crippen LogP contribution is 2.20. The number of ether oxygens (including phenoxy) is 1. The fourth-order valence-corrected chi connectivity index (χ4v) is 2.85. The molecule has 4 heteroatoms. The van der Waals surface area contributed by atoms with Gasteiger partial charge in [0.1, 0.15) is 11.8 Å². The molecule has 0 amide bonds. The lowest BCUT2D eigenvalue weighted by atomic mass is 10.1. The van der Waals surface area contributed by atoms with Gasteiger partial charge in [-0.15, -0.1) is 11.3 Å². The van der Waals surface area contributed by atoms with Gasteiger partial charge in [0, 0.05) is 18.0 Å². The van der Waals surface area contributed by atoms with Crippen molar-refractivity contribution in [2.75, 3.05) is 13.7 Å². The average Bonchev–Trinajstić information content (AvgIpc) is 2.99. The first-order valence-corrected chi connectivity index (χ1v) is 7.46. The molecule has 0 bridgehead atoms. The Morgan fingerprint density at radius 3 is 2.75 bits per heavy atom. The maximum atomic E-state index is 9.13. The molecule has 20 heavy (non-hydrogen) atoms. The Morgan fingerprint density at radius 1 is 1.30 bits per heavy atom. The van der Waals surface area contributed by atoms with E-state index in [1.54, 1.807) is 18.4 Å². The Bertz CT molecular complexity index is 587. The molecule has 0 spiro atoms. The molecular weight excluding hydrogens is 268 g/mol. The summed E-state index contributed by atoms with van der Waals surface area (Å²) in [6, 6.07) is 12.2. The second kappa shape index (κ2) is 7.09. The van der Waals surface area contributed by atoms with Gasteiger partial charge in [0.25, 0.3) is 0 Å². The predicted octanol–water partition coefficient (Wildman–Crippen LogP) is 3.65. The maximum Gasteiger partial charge on any atom is 0.136 e. The van der Waals surface area contributed by atoms with E-state index in [1.165, 1.54) is 4.88 Å². The van der Waals surface area contributed by atoms with Crippen molar-refractivity contribution in [3.05, 3.63) is 51.7 Å². The summed E-state index contributed by atoms with van der Waals surface area (Å²) in [5.41, 5.74) is 1.73. The van der Waals surface area contributed by atoms with Crippen LogP contribution in [0.5, 0.6) is 5.75 Å². The van der Waals surface area contributed by atoms with E-state index in [0.29, 0.717) is 11.3 Å². The van der Waals surface area contributed by atoms with Crippen molar-refractivity contribution in [2.24, 2.45) is 0 Å². The molecule has 104 valence electrons. The number of benzene rings is 1. The van der Waals surface area contributed by atoms with Gasteiger partial charge in [-0.25, -0.2) is 0 Å². The van der Waals surface area contributed by atoms with Crippen molar-refractivity contribution in [3.8, 4) is 11.8 Å². The molecule has 3 nitrogen and oxygen atoms in total. The molecule has 0 fully saturated rings. The lowest BCUT2D eigenvalue weighted by Gasteiger charge is -2.20. The van der Waals surface area contributed by atoms with Gasteiger partial charge in [-0.2, -0.15) is 5.26 Å². The van der Waals surface area contributed by atoms with Crippen molar-refractivity contribution in [1.82, 2.24) is 4.90 Å². The van der Waals surface area contributed by atoms with Crippen LogP contribution in [-0.4, -0.2) is 18.6 Å². The van der Waals surface area contributed by atoms with Crippen LogP contribution in [-0.2, 0) is 13.1 Å². The van der Waals surface area contributed by atoms with Crippen LogP contribution in [0.25, 0.3) is 0 Å². The molecule has 0 aliphatic heterocycles. The van der Waals surface area contributed by atoms with Crippen LogP contribution < -0.4 is 4.74 Å². The third-order valence-electron chi connectivity index (χ3n) is 3.20. The van der Waals surface area contributed by atoms with Gasteiger partial charge in [-0.3, -0.25) is 4.90 Å². The molecule has 0 saturated heterocycles. The van der Waals surface area contributed by atoms with E-state index in [1.807, 2.05) is 18.2 Å². The third-order valence-corrected chi connectivity index (χ3v) is 4.06. The number of hydrogen-bond acceptors (Lipinski definition) is 4. The first kappa shape index (κ1) is 14.6. The van der Waals surface area contributed by atoms with E-state index < -0.39 is 0 Å². The SMILES string of the molecule is CCN(Cc1ccc(OC)c(C#N)c1)Cc1cccs1. The highest BCUT2D eigenvalue weighted by atomic mass is 32.1. The molecule has 0 aliphatic rings. The largest absolute Gasteiger partial charge is 0.495 e. The molecule has 0 unspecified atom stereocenters. The van der Waals surface area contributed by atoms with Gasteiger partial charge >= 0.3 is 0 Å². The standard InChI is InChI=1S/C16H18N2OS/c1-3-18(12-15-5-4-8-20-15)11-13-6-7-16(19-2)14(9-13)10-17/h4-9H,3,11-12H2,1-2H3.